The highest BCUT2D eigenvalue weighted by Gasteiger charge is 2.10. The highest BCUT2D eigenvalue weighted by Crippen LogP contribution is 2.25. The molecule has 2 heterocycles. The van der Waals surface area contributed by atoms with Crippen LogP contribution in [0.2, 0.25) is 0 Å². The van der Waals surface area contributed by atoms with Crippen molar-refractivity contribution in [2.45, 2.75) is 6.61 Å². The molecule has 0 spiro atoms. The van der Waals surface area contributed by atoms with E-state index in [1.807, 2.05) is 4.40 Å². The Hall–Kier alpha value is -3.02. The first-order valence-corrected chi connectivity index (χ1v) is 6.64. The number of esters is 1. The minimum absolute atomic E-state index is 0.0873. The molecule has 1 N–H and O–H groups in total. The van der Waals surface area contributed by atoms with Crippen LogP contribution in [0, 0.1) is 0 Å². The summed E-state index contributed by atoms with van der Waals surface area (Å²) in [6.07, 6.45) is 3.40. The van der Waals surface area contributed by atoms with Crippen LogP contribution >= 0.6 is 0 Å². The molecule has 0 bridgehead atoms. The van der Waals surface area contributed by atoms with Crippen molar-refractivity contribution < 1.29 is 19.4 Å². The molecule has 6 nitrogen and oxygen atoms in total. The molecule has 0 saturated heterocycles. The van der Waals surface area contributed by atoms with Crippen LogP contribution in [0.4, 0.5) is 0 Å². The lowest BCUT2D eigenvalue weighted by Crippen LogP contribution is -2.03. The highest BCUT2D eigenvalue weighted by atomic mass is 16.5. The van der Waals surface area contributed by atoms with Crippen molar-refractivity contribution in [3.8, 4) is 11.5 Å². The van der Waals surface area contributed by atoms with Gasteiger partial charge in [-0.15, -0.1) is 0 Å². The summed E-state index contributed by atoms with van der Waals surface area (Å²) in [6.45, 7) is 0.246. The summed E-state index contributed by atoms with van der Waals surface area (Å²) in [5.74, 6) is 0.0884. The van der Waals surface area contributed by atoms with E-state index in [-0.39, 0.29) is 12.4 Å². The van der Waals surface area contributed by atoms with E-state index >= 15 is 0 Å². The van der Waals surface area contributed by atoms with Gasteiger partial charge in [0.15, 0.2) is 11.5 Å². The number of imidazole rings is 1. The number of phenolic OH excluding ortho intramolecular Hbond substituents is 1. The quantitative estimate of drug-likeness (QED) is 0.749. The second-order valence-corrected chi connectivity index (χ2v) is 4.64. The van der Waals surface area contributed by atoms with Gasteiger partial charge < -0.3 is 19.0 Å². The van der Waals surface area contributed by atoms with E-state index in [0.717, 1.165) is 5.69 Å². The molecule has 0 unspecified atom stereocenters. The van der Waals surface area contributed by atoms with Crippen molar-refractivity contribution in [3.05, 3.63) is 60.0 Å². The van der Waals surface area contributed by atoms with Crippen molar-refractivity contribution in [1.82, 2.24) is 9.38 Å². The number of rotatable bonds is 4. The number of ether oxygens (including phenoxy) is 2. The van der Waals surface area contributed by atoms with Crippen LogP contribution in [-0.2, 0) is 11.3 Å². The van der Waals surface area contributed by atoms with E-state index in [1.54, 1.807) is 48.8 Å². The lowest BCUT2D eigenvalue weighted by atomic mass is 10.2. The van der Waals surface area contributed by atoms with Crippen molar-refractivity contribution in [2.75, 3.05) is 7.11 Å². The number of aromatic nitrogens is 2. The topological polar surface area (TPSA) is 73.1 Å². The fraction of sp³-hybridized carbons (Fsp3) is 0.125. The zero-order valence-electron chi connectivity index (χ0n) is 11.9. The Labute approximate surface area is 126 Å². The van der Waals surface area contributed by atoms with E-state index in [0.29, 0.717) is 17.0 Å². The Morgan fingerprint density at radius 2 is 2.14 bits per heavy atom. The maximum absolute atomic E-state index is 11.5. The molecule has 1 aromatic carbocycles. The summed E-state index contributed by atoms with van der Waals surface area (Å²) in [6, 6.07) is 10.1. The predicted octanol–water partition coefficient (Wildman–Crippen LogP) is 2.41. The van der Waals surface area contributed by atoms with Gasteiger partial charge in [-0.3, -0.25) is 0 Å². The number of nitrogens with zero attached hydrogens (tertiary/aromatic N) is 2. The first-order chi connectivity index (χ1) is 10.7. The Balaban J connectivity index is 1.83. The molecule has 2 aromatic heterocycles. The minimum atomic E-state index is -0.405. The van der Waals surface area contributed by atoms with Gasteiger partial charge in [-0.25, -0.2) is 9.78 Å². The van der Waals surface area contributed by atoms with E-state index < -0.39 is 5.97 Å². The lowest BCUT2D eigenvalue weighted by Gasteiger charge is -2.07. The fourth-order valence-electron chi connectivity index (χ4n) is 2.12. The van der Waals surface area contributed by atoms with Crippen LogP contribution in [0.25, 0.3) is 5.65 Å². The first kappa shape index (κ1) is 13.9. The smallest absolute Gasteiger partial charge is 0.338 e. The molecule has 0 atom stereocenters. The number of methoxy groups -OCH3 is 1. The zero-order valence-corrected chi connectivity index (χ0v) is 11.9. The van der Waals surface area contributed by atoms with E-state index in [4.69, 9.17) is 4.74 Å². The first-order valence-electron chi connectivity index (χ1n) is 6.64. The predicted molar refractivity (Wildman–Crippen MR) is 79.0 cm³/mol. The number of fused-ring (bicyclic) bond motifs is 1. The summed E-state index contributed by atoms with van der Waals surface area (Å²) in [5, 5.41) is 9.68. The van der Waals surface area contributed by atoms with Gasteiger partial charge in [0.1, 0.15) is 12.3 Å². The molecule has 0 amide bonds. The maximum Gasteiger partial charge on any atom is 0.338 e. The zero-order chi connectivity index (χ0) is 15.5. The molecule has 3 rings (SSSR count). The van der Waals surface area contributed by atoms with Gasteiger partial charge in [0.2, 0.25) is 0 Å². The van der Waals surface area contributed by atoms with Crippen LogP contribution < -0.4 is 4.74 Å². The lowest BCUT2D eigenvalue weighted by molar-refractivity contribution is 0.0600. The van der Waals surface area contributed by atoms with Gasteiger partial charge in [0, 0.05) is 6.20 Å². The average molecular weight is 298 g/mol. The Kier molecular flexibility index (Phi) is 3.65. The number of aromatic hydroxyl groups is 1. The van der Waals surface area contributed by atoms with E-state index in [1.165, 1.54) is 7.11 Å². The standard InChI is InChI=1S/C16H14N2O4/c1-21-16(20)11-6-7-18-12(9-17-15(18)8-11)10-22-14-5-3-2-4-13(14)19/h2-9,19H,10H2,1H3. The molecule has 0 fully saturated rings. The third kappa shape index (κ3) is 2.58. The number of pyridine rings is 1. The van der Waals surface area contributed by atoms with Crippen molar-refractivity contribution in [3.63, 3.8) is 0 Å². The molecule has 3 aromatic rings. The molecule has 6 heteroatoms. The number of carbonyl (C=O) groups is 1. The van der Waals surface area contributed by atoms with Crippen molar-refractivity contribution in [2.24, 2.45) is 0 Å². The summed E-state index contributed by atoms with van der Waals surface area (Å²) in [5.41, 5.74) is 1.86. The Morgan fingerprint density at radius 1 is 1.32 bits per heavy atom. The van der Waals surface area contributed by atoms with Crippen LogP contribution in [0.15, 0.2) is 48.8 Å². The molecular weight excluding hydrogens is 284 g/mol. The molecular formula is C16H14N2O4. The maximum atomic E-state index is 11.5. The third-order valence-electron chi connectivity index (χ3n) is 3.25. The number of benzene rings is 1. The normalized spacial score (nSPS) is 10.6. The van der Waals surface area contributed by atoms with Crippen LogP contribution in [-0.4, -0.2) is 27.6 Å². The van der Waals surface area contributed by atoms with E-state index in [2.05, 4.69) is 9.72 Å². The Morgan fingerprint density at radius 3 is 2.91 bits per heavy atom. The summed E-state index contributed by atoms with van der Waals surface area (Å²) in [7, 11) is 1.34. The molecule has 0 saturated carbocycles. The fourth-order valence-corrected chi connectivity index (χ4v) is 2.12. The number of phenols is 1. The summed E-state index contributed by atoms with van der Waals surface area (Å²) in [4.78, 5) is 15.7. The number of para-hydroxylation sites is 2. The third-order valence-corrected chi connectivity index (χ3v) is 3.25. The second kappa shape index (κ2) is 5.77. The second-order valence-electron chi connectivity index (χ2n) is 4.64. The summed E-state index contributed by atoms with van der Waals surface area (Å²) >= 11 is 0. The van der Waals surface area contributed by atoms with Crippen LogP contribution in [0.1, 0.15) is 16.1 Å². The van der Waals surface area contributed by atoms with Gasteiger partial charge in [0.05, 0.1) is 24.6 Å². The van der Waals surface area contributed by atoms with Crippen molar-refractivity contribution in [1.29, 1.82) is 0 Å². The number of carbonyl (C=O) groups excluding carboxylic acids is 1. The van der Waals surface area contributed by atoms with Gasteiger partial charge in [0.25, 0.3) is 0 Å². The SMILES string of the molecule is COC(=O)c1ccn2c(COc3ccccc3O)cnc2c1. The largest absolute Gasteiger partial charge is 0.504 e. The van der Waals surface area contributed by atoms with Gasteiger partial charge in [-0.05, 0) is 24.3 Å². The van der Waals surface area contributed by atoms with Gasteiger partial charge in [-0.1, -0.05) is 12.1 Å². The van der Waals surface area contributed by atoms with Crippen LogP contribution in [0.5, 0.6) is 11.5 Å². The molecule has 0 radical (unpaired) electrons. The minimum Gasteiger partial charge on any atom is -0.504 e. The van der Waals surface area contributed by atoms with E-state index in [9.17, 15) is 9.90 Å². The monoisotopic (exact) mass is 298 g/mol. The van der Waals surface area contributed by atoms with Gasteiger partial charge in [-0.2, -0.15) is 0 Å². The van der Waals surface area contributed by atoms with Crippen molar-refractivity contribution >= 4 is 11.6 Å². The molecule has 0 aliphatic heterocycles. The number of hydrogen-bond acceptors (Lipinski definition) is 5. The molecule has 22 heavy (non-hydrogen) atoms. The van der Waals surface area contributed by atoms with Gasteiger partial charge >= 0.3 is 5.97 Å². The molecule has 112 valence electrons. The highest BCUT2D eigenvalue weighted by molar-refractivity contribution is 5.90. The summed E-state index contributed by atoms with van der Waals surface area (Å²) < 4.78 is 12.1. The molecule has 0 aliphatic rings. The average Bonchev–Trinajstić information content (AvgIpc) is 2.95. The Bertz CT molecular complexity index is 826. The van der Waals surface area contributed by atoms with Crippen LogP contribution in [0.3, 0.4) is 0 Å². The number of hydrogen-bond donors (Lipinski definition) is 1. The molecule has 0 aliphatic carbocycles.